The lowest BCUT2D eigenvalue weighted by Gasteiger charge is -2.38. The van der Waals surface area contributed by atoms with Crippen LogP contribution in [0.2, 0.25) is 0 Å². The van der Waals surface area contributed by atoms with Crippen molar-refractivity contribution in [1.82, 2.24) is 14.8 Å². The van der Waals surface area contributed by atoms with E-state index in [1.165, 1.54) is 17.1 Å². The Morgan fingerprint density at radius 1 is 1.06 bits per heavy atom. The molecule has 10 heteroatoms. The van der Waals surface area contributed by atoms with Gasteiger partial charge in [0.25, 0.3) is 5.91 Å². The number of rotatable bonds is 5. The fourth-order valence-corrected chi connectivity index (χ4v) is 5.39. The Morgan fingerprint density at radius 2 is 1.71 bits per heavy atom. The maximum Gasteiger partial charge on any atom is 0.269 e. The predicted octanol–water partition coefficient (Wildman–Crippen LogP) is 3.10. The summed E-state index contributed by atoms with van der Waals surface area (Å²) >= 11 is 6.93. The summed E-state index contributed by atoms with van der Waals surface area (Å²) in [6.45, 7) is 0. The molecule has 0 bridgehead atoms. The number of primary amides is 1. The lowest BCUT2D eigenvalue weighted by molar-refractivity contribution is 0.0878. The number of aromatic nitrogens is 3. The highest BCUT2D eigenvalue weighted by Crippen LogP contribution is 2.52. The lowest BCUT2D eigenvalue weighted by Crippen LogP contribution is -2.51. The maximum absolute atomic E-state index is 13.9. The van der Waals surface area contributed by atoms with Crippen LogP contribution in [0.5, 0.6) is 0 Å². The van der Waals surface area contributed by atoms with Crippen molar-refractivity contribution < 1.29 is 13.8 Å². The fourth-order valence-electron chi connectivity index (χ4n) is 4.47. The number of carbonyl (C=O) groups excluding carboxylic acids is 2. The average molecular weight is 506 g/mol. The molecule has 4 aromatic rings. The van der Waals surface area contributed by atoms with Gasteiger partial charge in [-0.1, -0.05) is 24.3 Å². The van der Waals surface area contributed by atoms with Gasteiger partial charge >= 0.3 is 0 Å². The van der Waals surface area contributed by atoms with E-state index in [0.717, 1.165) is 0 Å². The lowest BCUT2D eigenvalue weighted by atomic mass is 9.71. The van der Waals surface area contributed by atoms with Crippen molar-refractivity contribution in [3.63, 3.8) is 0 Å². The number of benzene rings is 2. The number of pyridine rings is 1. The Morgan fingerprint density at radius 3 is 2.34 bits per heavy atom. The second-order valence-electron chi connectivity index (χ2n) is 8.18. The van der Waals surface area contributed by atoms with Gasteiger partial charge in [-0.3, -0.25) is 18.8 Å². The van der Waals surface area contributed by atoms with Gasteiger partial charge < -0.3 is 11.5 Å². The van der Waals surface area contributed by atoms with Crippen LogP contribution in [-0.2, 0) is 16.3 Å². The molecular formula is C25H20ClN5O3S. The first kappa shape index (κ1) is 23.1. The summed E-state index contributed by atoms with van der Waals surface area (Å²) < 4.78 is 13.4. The number of hydrogen-bond donors (Lipinski definition) is 2. The summed E-state index contributed by atoms with van der Waals surface area (Å²) in [5, 5.41) is 3.50. The number of halogens is 1. The van der Waals surface area contributed by atoms with E-state index in [2.05, 4.69) is 10.1 Å². The molecule has 0 aliphatic heterocycles. The SMILES string of the molecule is CS(=O)c1ccc(-n2nc(C(N)=O)c3c2-c2ccccc2C(Cl)C3(N)C(=O)c2ccncc2)cc1. The third-order valence-electron chi connectivity index (χ3n) is 6.15. The standard InChI is InChI=1S/C25H20ClN5O3S/c1-35(34)16-8-6-15(7-9-16)31-21-17-4-2-3-5-18(17)22(26)25(28,19(21)20(30-31)24(27)33)23(32)14-10-12-29-13-11-14/h2-13,22H,28H2,1H3,(H2,27,33). The van der Waals surface area contributed by atoms with Gasteiger partial charge in [-0.05, 0) is 42.0 Å². The number of hydrogen-bond acceptors (Lipinski definition) is 6. The zero-order valence-electron chi connectivity index (χ0n) is 18.5. The van der Waals surface area contributed by atoms with Crippen LogP contribution in [0.15, 0.2) is 78.0 Å². The molecule has 8 nitrogen and oxygen atoms in total. The monoisotopic (exact) mass is 505 g/mol. The first-order valence-corrected chi connectivity index (χ1v) is 12.6. The third-order valence-corrected chi connectivity index (χ3v) is 7.67. The number of fused-ring (bicyclic) bond motifs is 3. The van der Waals surface area contributed by atoms with Gasteiger partial charge in [-0.25, -0.2) is 4.68 Å². The van der Waals surface area contributed by atoms with Gasteiger partial charge in [-0.2, -0.15) is 5.10 Å². The number of carbonyl (C=O) groups is 2. The zero-order chi connectivity index (χ0) is 24.9. The zero-order valence-corrected chi connectivity index (χ0v) is 20.1. The summed E-state index contributed by atoms with van der Waals surface area (Å²) in [7, 11) is -1.17. The van der Waals surface area contributed by atoms with Gasteiger partial charge in [0.05, 0.1) is 16.8 Å². The molecule has 176 valence electrons. The van der Waals surface area contributed by atoms with Gasteiger partial charge in [0.15, 0.2) is 11.5 Å². The van der Waals surface area contributed by atoms with E-state index in [1.807, 2.05) is 12.1 Å². The first-order chi connectivity index (χ1) is 16.7. The maximum atomic E-state index is 13.9. The van der Waals surface area contributed by atoms with E-state index in [9.17, 15) is 13.8 Å². The van der Waals surface area contributed by atoms with Crippen LogP contribution in [0.3, 0.4) is 0 Å². The number of alkyl halides is 1. The molecule has 4 N–H and O–H groups in total. The molecule has 1 aliphatic carbocycles. The molecule has 1 amide bonds. The highest BCUT2D eigenvalue weighted by molar-refractivity contribution is 7.84. The minimum atomic E-state index is -1.85. The van der Waals surface area contributed by atoms with E-state index in [1.54, 1.807) is 54.8 Å². The molecule has 0 fully saturated rings. The van der Waals surface area contributed by atoms with Gasteiger partial charge in [-0.15, -0.1) is 11.6 Å². The fraction of sp³-hybridized carbons (Fsp3) is 0.120. The molecule has 35 heavy (non-hydrogen) atoms. The number of nitrogens with two attached hydrogens (primary N) is 2. The Labute approximate surface area is 208 Å². The number of ketones is 1. The second kappa shape index (κ2) is 8.53. The minimum Gasteiger partial charge on any atom is -0.364 e. The molecule has 2 aromatic heterocycles. The summed E-state index contributed by atoms with van der Waals surface area (Å²) in [6, 6.07) is 17.2. The predicted molar refractivity (Wildman–Crippen MR) is 133 cm³/mol. The van der Waals surface area contributed by atoms with E-state index in [4.69, 9.17) is 23.1 Å². The molecule has 0 saturated heterocycles. The summed E-state index contributed by atoms with van der Waals surface area (Å²) in [4.78, 5) is 31.1. The van der Waals surface area contributed by atoms with E-state index in [-0.39, 0.29) is 16.8 Å². The normalized spacial score (nSPS) is 19.5. The van der Waals surface area contributed by atoms with Crippen LogP contribution in [0, 0.1) is 0 Å². The van der Waals surface area contributed by atoms with Crippen molar-refractivity contribution in [3.8, 4) is 16.9 Å². The highest BCUT2D eigenvalue weighted by atomic mass is 35.5. The molecule has 2 heterocycles. The van der Waals surface area contributed by atoms with Crippen LogP contribution in [0.1, 0.15) is 37.4 Å². The average Bonchev–Trinajstić information content (AvgIpc) is 3.29. The van der Waals surface area contributed by atoms with Crippen molar-refractivity contribution >= 4 is 34.1 Å². The van der Waals surface area contributed by atoms with E-state index in [0.29, 0.717) is 27.4 Å². The molecule has 3 unspecified atom stereocenters. The van der Waals surface area contributed by atoms with Gasteiger partial charge in [0.1, 0.15) is 5.54 Å². The van der Waals surface area contributed by atoms with Crippen LogP contribution < -0.4 is 11.5 Å². The second-order valence-corrected chi connectivity index (χ2v) is 10.00. The van der Waals surface area contributed by atoms with Gasteiger partial charge in [0, 0.05) is 51.0 Å². The Kier molecular flexibility index (Phi) is 5.63. The molecule has 0 radical (unpaired) electrons. The van der Waals surface area contributed by atoms with E-state index >= 15 is 0 Å². The molecule has 2 aromatic carbocycles. The first-order valence-electron chi connectivity index (χ1n) is 10.6. The largest absolute Gasteiger partial charge is 0.364 e. The summed E-state index contributed by atoms with van der Waals surface area (Å²) in [5.74, 6) is -1.33. The van der Waals surface area contributed by atoms with Gasteiger partial charge in [0.2, 0.25) is 0 Å². The highest BCUT2D eigenvalue weighted by Gasteiger charge is 2.53. The van der Waals surface area contributed by atoms with E-state index < -0.39 is 33.4 Å². The smallest absolute Gasteiger partial charge is 0.269 e. The van der Waals surface area contributed by atoms with Crippen LogP contribution in [0.25, 0.3) is 16.9 Å². The summed E-state index contributed by atoms with van der Waals surface area (Å²) in [5.41, 5.74) is 13.4. The van der Waals surface area contributed by atoms with Crippen LogP contribution in [0.4, 0.5) is 0 Å². The number of amides is 1. The molecule has 5 rings (SSSR count). The Hall–Kier alpha value is -3.66. The van der Waals surface area contributed by atoms with Crippen molar-refractivity contribution in [2.45, 2.75) is 15.8 Å². The van der Waals surface area contributed by atoms with Crippen LogP contribution in [-0.4, -0.2) is 36.9 Å². The van der Waals surface area contributed by atoms with Crippen molar-refractivity contribution in [2.75, 3.05) is 6.26 Å². The Bertz CT molecular complexity index is 1500. The minimum absolute atomic E-state index is 0.145. The third kappa shape index (κ3) is 3.51. The number of nitrogens with zero attached hydrogens (tertiary/aromatic N) is 3. The van der Waals surface area contributed by atoms with Crippen molar-refractivity contribution in [2.24, 2.45) is 11.5 Å². The van der Waals surface area contributed by atoms with Crippen molar-refractivity contribution in [3.05, 3.63) is 95.4 Å². The molecular weight excluding hydrogens is 486 g/mol. The molecule has 0 saturated carbocycles. The number of Topliss-reactive ketones (excluding diaryl/α,β-unsaturated/α-hetero) is 1. The molecule has 1 aliphatic rings. The van der Waals surface area contributed by atoms with Crippen LogP contribution >= 0.6 is 11.6 Å². The molecule has 0 spiro atoms. The summed E-state index contributed by atoms with van der Waals surface area (Å²) in [6.07, 6.45) is 4.55. The molecule has 3 atom stereocenters. The topological polar surface area (TPSA) is 134 Å². The quantitative estimate of drug-likeness (QED) is 0.316. The van der Waals surface area contributed by atoms with Crippen molar-refractivity contribution in [1.29, 1.82) is 0 Å². The Balaban J connectivity index is 1.85.